The number of nitrogens with two attached hydrogens (primary N) is 1. The topological polar surface area (TPSA) is 62.0 Å². The van der Waals surface area contributed by atoms with Gasteiger partial charge in [-0.2, -0.15) is 0 Å². The molecule has 6 nitrogen and oxygen atoms in total. The number of piperidine rings is 1. The van der Waals surface area contributed by atoms with Crippen molar-refractivity contribution in [3.8, 4) is 0 Å². The summed E-state index contributed by atoms with van der Waals surface area (Å²) < 4.78 is 5.43. The number of aryl methyl sites for hydroxylation is 2. The molecule has 2 N–H and O–H groups in total. The van der Waals surface area contributed by atoms with Crippen LogP contribution >= 0.6 is 11.6 Å². The van der Waals surface area contributed by atoms with Gasteiger partial charge in [-0.05, 0) is 55.5 Å². The summed E-state index contributed by atoms with van der Waals surface area (Å²) in [6, 6.07) is 3.83. The lowest BCUT2D eigenvalue weighted by atomic mass is 9.94. The molecule has 27 heavy (non-hydrogen) atoms. The molecule has 3 rings (SSSR count). The van der Waals surface area contributed by atoms with Gasteiger partial charge in [0.05, 0.1) is 25.3 Å². The molecule has 0 unspecified atom stereocenters. The van der Waals surface area contributed by atoms with Crippen LogP contribution in [0, 0.1) is 13.8 Å². The lowest BCUT2D eigenvalue weighted by Crippen LogP contribution is -2.64. The molecule has 150 valence electrons. The maximum atomic E-state index is 13.0. The highest BCUT2D eigenvalue weighted by atomic mass is 35.5. The SMILES string of the molecule is Cc1cc(Cl)cc(C)c1CC(=O)N(C)C1(N)CCN(N2CCOCC2)CC1. The summed E-state index contributed by atoms with van der Waals surface area (Å²) in [5.74, 6) is 0.0610. The largest absolute Gasteiger partial charge is 0.379 e. The second-order valence-electron chi connectivity index (χ2n) is 7.77. The Morgan fingerprint density at radius 3 is 2.22 bits per heavy atom. The van der Waals surface area contributed by atoms with Crippen molar-refractivity contribution >= 4 is 17.5 Å². The van der Waals surface area contributed by atoms with Crippen LogP contribution < -0.4 is 5.73 Å². The van der Waals surface area contributed by atoms with Crippen LogP contribution in [0.5, 0.6) is 0 Å². The van der Waals surface area contributed by atoms with Gasteiger partial charge in [0.2, 0.25) is 5.91 Å². The van der Waals surface area contributed by atoms with Crippen molar-refractivity contribution in [2.75, 3.05) is 46.4 Å². The number of halogens is 1. The summed E-state index contributed by atoms with van der Waals surface area (Å²) in [6.45, 7) is 9.16. The van der Waals surface area contributed by atoms with Gasteiger partial charge < -0.3 is 15.4 Å². The van der Waals surface area contributed by atoms with Gasteiger partial charge >= 0.3 is 0 Å². The zero-order valence-corrected chi connectivity index (χ0v) is 17.4. The first-order valence-electron chi connectivity index (χ1n) is 9.69. The highest BCUT2D eigenvalue weighted by Crippen LogP contribution is 2.26. The van der Waals surface area contributed by atoms with E-state index in [1.807, 2.05) is 33.0 Å². The number of carbonyl (C=O) groups excluding carboxylic acids is 1. The van der Waals surface area contributed by atoms with Crippen molar-refractivity contribution in [2.24, 2.45) is 5.73 Å². The molecule has 2 aliphatic heterocycles. The monoisotopic (exact) mass is 394 g/mol. The van der Waals surface area contributed by atoms with E-state index >= 15 is 0 Å². The molecule has 0 radical (unpaired) electrons. The molecule has 1 amide bonds. The van der Waals surface area contributed by atoms with Crippen molar-refractivity contribution in [2.45, 2.75) is 38.8 Å². The van der Waals surface area contributed by atoms with Crippen molar-refractivity contribution in [3.63, 3.8) is 0 Å². The molecule has 0 atom stereocenters. The van der Waals surface area contributed by atoms with Crippen LogP contribution in [-0.2, 0) is 16.0 Å². The molecular formula is C20H31ClN4O2. The molecule has 7 heteroatoms. The van der Waals surface area contributed by atoms with E-state index < -0.39 is 5.66 Å². The number of likely N-dealkylation sites (N-methyl/N-ethyl adjacent to an activating group) is 1. The number of nitrogens with zero attached hydrogens (tertiary/aromatic N) is 3. The van der Waals surface area contributed by atoms with E-state index in [1.165, 1.54) is 0 Å². The Labute approximate surface area is 167 Å². The van der Waals surface area contributed by atoms with E-state index in [1.54, 1.807) is 4.90 Å². The molecule has 2 aliphatic rings. The van der Waals surface area contributed by atoms with Gasteiger partial charge in [-0.1, -0.05) is 11.6 Å². The average Bonchev–Trinajstić information content (AvgIpc) is 2.65. The number of hydrogen-bond acceptors (Lipinski definition) is 5. The third kappa shape index (κ3) is 4.63. The third-order valence-electron chi connectivity index (χ3n) is 6.02. The maximum absolute atomic E-state index is 13.0. The first-order valence-corrected chi connectivity index (χ1v) is 10.1. The van der Waals surface area contributed by atoms with Crippen LogP contribution in [0.15, 0.2) is 12.1 Å². The number of rotatable bonds is 4. The summed E-state index contributed by atoms with van der Waals surface area (Å²) in [6.07, 6.45) is 1.90. The van der Waals surface area contributed by atoms with E-state index in [0.717, 1.165) is 68.9 Å². The van der Waals surface area contributed by atoms with Crippen LogP contribution in [0.1, 0.15) is 29.5 Å². The molecule has 0 aliphatic carbocycles. The summed E-state index contributed by atoms with van der Waals surface area (Å²) in [7, 11) is 1.84. The molecule has 0 saturated carbocycles. The standard InChI is InChI=1S/C20H31ClN4O2/c1-15-12-17(21)13-16(2)18(15)14-19(26)23(3)20(22)4-6-24(7-5-20)25-8-10-27-11-9-25/h12-13H,4-11,14,22H2,1-3H3. The number of morpholine rings is 1. The smallest absolute Gasteiger partial charge is 0.228 e. The number of hydrogen-bond donors (Lipinski definition) is 1. The molecule has 2 heterocycles. The van der Waals surface area contributed by atoms with E-state index in [4.69, 9.17) is 22.1 Å². The van der Waals surface area contributed by atoms with Crippen LogP contribution in [0.3, 0.4) is 0 Å². The second-order valence-corrected chi connectivity index (χ2v) is 8.21. The number of ether oxygens (including phenoxy) is 1. The van der Waals surface area contributed by atoms with Crippen molar-refractivity contribution < 1.29 is 9.53 Å². The van der Waals surface area contributed by atoms with Crippen molar-refractivity contribution in [1.29, 1.82) is 0 Å². The molecule has 1 aromatic rings. The van der Waals surface area contributed by atoms with Gasteiger partial charge in [0.1, 0.15) is 0 Å². The lowest BCUT2D eigenvalue weighted by molar-refractivity contribution is -0.143. The molecule has 0 bridgehead atoms. The van der Waals surface area contributed by atoms with Crippen LogP contribution in [0.25, 0.3) is 0 Å². The van der Waals surface area contributed by atoms with Gasteiger partial charge in [0.15, 0.2) is 0 Å². The van der Waals surface area contributed by atoms with Crippen molar-refractivity contribution in [1.82, 2.24) is 14.9 Å². The number of benzene rings is 1. The van der Waals surface area contributed by atoms with E-state index in [0.29, 0.717) is 11.4 Å². The minimum atomic E-state index is -0.589. The van der Waals surface area contributed by atoms with Gasteiger partial charge in [-0.3, -0.25) is 4.79 Å². The molecule has 1 aromatic carbocycles. The van der Waals surface area contributed by atoms with Crippen LogP contribution in [0.4, 0.5) is 0 Å². The number of amides is 1. The van der Waals surface area contributed by atoms with E-state index in [-0.39, 0.29) is 5.91 Å². The zero-order valence-electron chi connectivity index (χ0n) is 16.6. The number of carbonyl (C=O) groups is 1. The van der Waals surface area contributed by atoms with Crippen molar-refractivity contribution in [3.05, 3.63) is 33.8 Å². The fraction of sp³-hybridized carbons (Fsp3) is 0.650. The van der Waals surface area contributed by atoms with Gasteiger partial charge in [0, 0.05) is 38.2 Å². The highest BCUT2D eigenvalue weighted by molar-refractivity contribution is 6.30. The Kier molecular flexibility index (Phi) is 6.43. The van der Waals surface area contributed by atoms with Gasteiger partial charge in [-0.25, -0.2) is 10.0 Å². The average molecular weight is 395 g/mol. The Morgan fingerprint density at radius 2 is 1.67 bits per heavy atom. The van der Waals surface area contributed by atoms with Crippen LogP contribution in [0.2, 0.25) is 5.02 Å². The summed E-state index contributed by atoms with van der Waals surface area (Å²) in [4.78, 5) is 14.7. The van der Waals surface area contributed by atoms with Gasteiger partial charge in [0.25, 0.3) is 0 Å². The first kappa shape index (κ1) is 20.6. The minimum absolute atomic E-state index is 0.0610. The summed E-state index contributed by atoms with van der Waals surface area (Å²) >= 11 is 6.11. The molecule has 0 aromatic heterocycles. The third-order valence-corrected chi connectivity index (χ3v) is 6.24. The Bertz CT molecular complexity index is 660. The summed E-state index contributed by atoms with van der Waals surface area (Å²) in [5, 5.41) is 5.42. The van der Waals surface area contributed by atoms with Crippen LogP contribution in [-0.4, -0.2) is 72.9 Å². The quantitative estimate of drug-likeness (QED) is 0.791. The summed E-state index contributed by atoms with van der Waals surface area (Å²) in [5.41, 5.74) is 9.22. The normalized spacial score (nSPS) is 21.2. The Hall–Kier alpha value is -1.18. The first-order chi connectivity index (χ1) is 12.8. The fourth-order valence-corrected chi connectivity index (χ4v) is 4.40. The Balaban J connectivity index is 1.61. The highest BCUT2D eigenvalue weighted by Gasteiger charge is 2.38. The molecule has 2 saturated heterocycles. The fourth-order valence-electron chi connectivity index (χ4n) is 4.07. The predicted octanol–water partition coefficient (Wildman–Crippen LogP) is 1.96. The van der Waals surface area contributed by atoms with E-state index in [9.17, 15) is 4.79 Å². The molecular weight excluding hydrogens is 364 g/mol. The van der Waals surface area contributed by atoms with Gasteiger partial charge in [-0.15, -0.1) is 0 Å². The molecule has 2 fully saturated rings. The second kappa shape index (κ2) is 8.45. The Morgan fingerprint density at radius 1 is 1.15 bits per heavy atom. The number of hydrazine groups is 1. The minimum Gasteiger partial charge on any atom is -0.379 e. The lowest BCUT2D eigenvalue weighted by Gasteiger charge is -2.48. The van der Waals surface area contributed by atoms with E-state index in [2.05, 4.69) is 10.0 Å². The molecule has 0 spiro atoms. The maximum Gasteiger partial charge on any atom is 0.228 e. The zero-order chi connectivity index (χ0) is 19.6. The predicted molar refractivity (Wildman–Crippen MR) is 108 cm³/mol.